The second kappa shape index (κ2) is 5.30. The average Bonchev–Trinajstić information content (AvgIpc) is 2.81. The van der Waals surface area contributed by atoms with Crippen LogP contribution in [-0.2, 0) is 0 Å². The Bertz CT molecular complexity index is 361. The number of aliphatic hydroxyl groups excluding tert-OH is 1. The van der Waals surface area contributed by atoms with Gasteiger partial charge in [0.05, 0.1) is 12.6 Å². The first-order valence-corrected chi connectivity index (χ1v) is 6.67. The molecule has 1 unspecified atom stereocenters. The Morgan fingerprint density at radius 1 is 1.38 bits per heavy atom. The molecule has 1 saturated carbocycles. The van der Waals surface area contributed by atoms with Crippen LogP contribution in [0, 0.1) is 0 Å². The maximum absolute atomic E-state index is 9.02. The first-order valence-electron chi connectivity index (χ1n) is 5.88. The van der Waals surface area contributed by atoms with Crippen molar-refractivity contribution < 1.29 is 5.11 Å². The number of aliphatic hydroxyl groups is 1. The molecule has 2 nitrogen and oxygen atoms in total. The molecular weight excluding hydrogens is 266 g/mol. The van der Waals surface area contributed by atoms with Gasteiger partial charge in [0.2, 0.25) is 0 Å². The first kappa shape index (κ1) is 12.1. The Hall–Kier alpha value is -0.380. The van der Waals surface area contributed by atoms with Gasteiger partial charge in [0, 0.05) is 4.47 Å². The van der Waals surface area contributed by atoms with Crippen LogP contribution >= 0.6 is 15.9 Å². The molecule has 16 heavy (non-hydrogen) atoms. The van der Waals surface area contributed by atoms with Gasteiger partial charge < -0.3 is 10.8 Å². The van der Waals surface area contributed by atoms with Crippen LogP contribution < -0.4 is 5.73 Å². The minimum Gasteiger partial charge on any atom is -0.394 e. The molecule has 88 valence electrons. The summed E-state index contributed by atoms with van der Waals surface area (Å²) < 4.78 is 1.14. The normalized spacial score (nSPS) is 18.9. The van der Waals surface area contributed by atoms with Gasteiger partial charge in [-0.05, 0) is 36.0 Å². The molecule has 0 aliphatic heterocycles. The Morgan fingerprint density at radius 3 is 2.62 bits per heavy atom. The van der Waals surface area contributed by atoms with Crippen molar-refractivity contribution in [1.29, 1.82) is 0 Å². The molecule has 1 aliphatic carbocycles. The van der Waals surface area contributed by atoms with Gasteiger partial charge >= 0.3 is 0 Å². The van der Waals surface area contributed by atoms with Crippen molar-refractivity contribution in [2.24, 2.45) is 5.73 Å². The molecule has 1 aromatic rings. The summed E-state index contributed by atoms with van der Waals surface area (Å²) in [5, 5.41) is 9.02. The number of halogens is 1. The quantitative estimate of drug-likeness (QED) is 0.896. The van der Waals surface area contributed by atoms with Gasteiger partial charge in [-0.2, -0.15) is 0 Å². The molecule has 1 aliphatic rings. The minimum atomic E-state index is -0.270. The SMILES string of the molecule is NC(CO)c1ccc(C2CCCC2)c(Br)c1. The standard InChI is InChI=1S/C13H18BrNO/c14-12-7-10(13(15)8-16)5-6-11(12)9-3-1-2-4-9/h5-7,9,13,16H,1-4,8,15H2. The van der Waals surface area contributed by atoms with Crippen LogP contribution in [0.25, 0.3) is 0 Å². The van der Waals surface area contributed by atoms with Gasteiger partial charge in [-0.1, -0.05) is 40.9 Å². The van der Waals surface area contributed by atoms with Crippen LogP contribution in [0.5, 0.6) is 0 Å². The van der Waals surface area contributed by atoms with Crippen molar-refractivity contribution in [1.82, 2.24) is 0 Å². The molecule has 0 radical (unpaired) electrons. The molecule has 0 amide bonds. The van der Waals surface area contributed by atoms with Crippen molar-refractivity contribution in [2.45, 2.75) is 37.6 Å². The van der Waals surface area contributed by atoms with E-state index in [-0.39, 0.29) is 12.6 Å². The lowest BCUT2D eigenvalue weighted by atomic mass is 9.95. The van der Waals surface area contributed by atoms with E-state index in [0.717, 1.165) is 10.0 Å². The zero-order valence-electron chi connectivity index (χ0n) is 9.32. The fourth-order valence-corrected chi connectivity index (χ4v) is 3.17. The third kappa shape index (κ3) is 2.47. The highest BCUT2D eigenvalue weighted by Gasteiger charge is 2.19. The van der Waals surface area contributed by atoms with Gasteiger partial charge in [0.15, 0.2) is 0 Å². The van der Waals surface area contributed by atoms with Crippen molar-refractivity contribution >= 4 is 15.9 Å². The Kier molecular flexibility index (Phi) is 4.00. The first-order chi connectivity index (χ1) is 7.72. The van der Waals surface area contributed by atoms with E-state index in [1.54, 1.807) is 0 Å². The maximum Gasteiger partial charge on any atom is 0.0624 e. The van der Waals surface area contributed by atoms with E-state index in [1.165, 1.54) is 31.2 Å². The molecule has 3 heteroatoms. The summed E-state index contributed by atoms with van der Waals surface area (Å²) in [6.07, 6.45) is 5.28. The highest BCUT2D eigenvalue weighted by Crippen LogP contribution is 2.38. The van der Waals surface area contributed by atoms with E-state index in [1.807, 2.05) is 6.07 Å². The Morgan fingerprint density at radius 2 is 2.06 bits per heavy atom. The highest BCUT2D eigenvalue weighted by atomic mass is 79.9. The lowest BCUT2D eigenvalue weighted by Gasteiger charge is -2.15. The number of rotatable bonds is 3. The molecule has 0 spiro atoms. The van der Waals surface area contributed by atoms with E-state index in [0.29, 0.717) is 5.92 Å². The average molecular weight is 284 g/mol. The van der Waals surface area contributed by atoms with Crippen molar-refractivity contribution in [3.05, 3.63) is 33.8 Å². The van der Waals surface area contributed by atoms with Crippen LogP contribution in [0.15, 0.2) is 22.7 Å². The van der Waals surface area contributed by atoms with E-state index in [4.69, 9.17) is 10.8 Å². The zero-order chi connectivity index (χ0) is 11.5. The third-order valence-electron chi connectivity index (χ3n) is 3.44. The molecule has 0 aromatic heterocycles. The molecule has 1 aromatic carbocycles. The number of benzene rings is 1. The maximum atomic E-state index is 9.02. The van der Waals surface area contributed by atoms with Gasteiger partial charge in [-0.15, -0.1) is 0 Å². The molecule has 3 N–H and O–H groups in total. The summed E-state index contributed by atoms with van der Waals surface area (Å²) in [6, 6.07) is 5.98. The second-order valence-corrected chi connectivity index (χ2v) is 5.41. The number of hydrogen-bond acceptors (Lipinski definition) is 2. The summed E-state index contributed by atoms with van der Waals surface area (Å²) in [5.74, 6) is 0.703. The highest BCUT2D eigenvalue weighted by molar-refractivity contribution is 9.10. The van der Waals surface area contributed by atoms with Crippen molar-refractivity contribution in [2.75, 3.05) is 6.61 Å². The Labute approximate surface area is 105 Å². The third-order valence-corrected chi connectivity index (χ3v) is 4.13. The molecule has 0 saturated heterocycles. The molecule has 2 rings (SSSR count). The summed E-state index contributed by atoms with van der Waals surface area (Å²) in [6.45, 7) is -0.00475. The van der Waals surface area contributed by atoms with Crippen LogP contribution in [0.4, 0.5) is 0 Å². The summed E-state index contributed by atoms with van der Waals surface area (Å²) in [5.41, 5.74) is 8.19. The van der Waals surface area contributed by atoms with Gasteiger partial charge in [-0.25, -0.2) is 0 Å². The molecule has 1 atom stereocenters. The van der Waals surface area contributed by atoms with E-state index < -0.39 is 0 Å². The Balaban J connectivity index is 2.22. The van der Waals surface area contributed by atoms with E-state index in [2.05, 4.69) is 28.1 Å². The smallest absolute Gasteiger partial charge is 0.0624 e. The summed E-state index contributed by atoms with van der Waals surface area (Å²) in [4.78, 5) is 0. The summed E-state index contributed by atoms with van der Waals surface area (Å²) in [7, 11) is 0. The fraction of sp³-hybridized carbons (Fsp3) is 0.538. The topological polar surface area (TPSA) is 46.2 Å². The lowest BCUT2D eigenvalue weighted by Crippen LogP contribution is -2.14. The summed E-state index contributed by atoms with van der Waals surface area (Å²) >= 11 is 3.62. The van der Waals surface area contributed by atoms with E-state index in [9.17, 15) is 0 Å². The monoisotopic (exact) mass is 283 g/mol. The number of hydrogen-bond donors (Lipinski definition) is 2. The van der Waals surface area contributed by atoms with Crippen LogP contribution in [0.2, 0.25) is 0 Å². The largest absolute Gasteiger partial charge is 0.394 e. The fourth-order valence-electron chi connectivity index (χ4n) is 2.45. The molecule has 0 heterocycles. The van der Waals surface area contributed by atoms with Crippen LogP contribution in [0.1, 0.15) is 48.8 Å². The van der Waals surface area contributed by atoms with Crippen molar-refractivity contribution in [3.63, 3.8) is 0 Å². The van der Waals surface area contributed by atoms with Crippen molar-refractivity contribution in [3.8, 4) is 0 Å². The minimum absolute atomic E-state index is 0.00475. The molecule has 1 fully saturated rings. The number of nitrogens with two attached hydrogens (primary N) is 1. The second-order valence-electron chi connectivity index (χ2n) is 4.55. The zero-order valence-corrected chi connectivity index (χ0v) is 10.9. The molecule has 0 bridgehead atoms. The predicted molar refractivity (Wildman–Crippen MR) is 69.4 cm³/mol. The van der Waals surface area contributed by atoms with Crippen LogP contribution in [0.3, 0.4) is 0 Å². The van der Waals surface area contributed by atoms with Gasteiger partial charge in [-0.3, -0.25) is 0 Å². The van der Waals surface area contributed by atoms with E-state index >= 15 is 0 Å². The van der Waals surface area contributed by atoms with Gasteiger partial charge in [0.25, 0.3) is 0 Å². The lowest BCUT2D eigenvalue weighted by molar-refractivity contribution is 0.268. The predicted octanol–water partition coefficient (Wildman–Crippen LogP) is 3.10. The van der Waals surface area contributed by atoms with Crippen LogP contribution in [-0.4, -0.2) is 11.7 Å². The molecular formula is C13H18BrNO. The van der Waals surface area contributed by atoms with Gasteiger partial charge in [0.1, 0.15) is 0 Å².